The largest absolute Gasteiger partial charge is 0.312 e. The van der Waals surface area contributed by atoms with Crippen LogP contribution in [0.2, 0.25) is 0 Å². The van der Waals surface area contributed by atoms with Gasteiger partial charge in [0.2, 0.25) is 0 Å². The maximum atomic E-state index is 11.5. The van der Waals surface area contributed by atoms with E-state index in [2.05, 4.69) is 36.3 Å². The van der Waals surface area contributed by atoms with Gasteiger partial charge in [-0.1, -0.05) is 20.8 Å². The Balaban J connectivity index is 3.04. The summed E-state index contributed by atoms with van der Waals surface area (Å²) in [5.74, 6) is 3.55. The van der Waals surface area contributed by atoms with Gasteiger partial charge in [0.25, 0.3) is 0 Å². The van der Waals surface area contributed by atoms with Crippen molar-refractivity contribution in [1.82, 2.24) is 4.98 Å². The number of pyridine rings is 1. The summed E-state index contributed by atoms with van der Waals surface area (Å²) in [7, 11) is -2.23. The molecule has 0 radical (unpaired) electrons. The van der Waals surface area contributed by atoms with Gasteiger partial charge in [0, 0.05) is 22.2 Å². The van der Waals surface area contributed by atoms with Gasteiger partial charge < -0.3 is 4.72 Å². The van der Waals surface area contributed by atoms with Crippen molar-refractivity contribution in [2.75, 3.05) is 11.0 Å². The zero-order chi connectivity index (χ0) is 11.7. The second kappa shape index (κ2) is 3.85. The lowest BCUT2D eigenvalue weighted by Gasteiger charge is -2.19. The molecule has 0 aliphatic heterocycles. The highest BCUT2D eigenvalue weighted by molar-refractivity contribution is 8.00. The highest BCUT2D eigenvalue weighted by Crippen LogP contribution is 2.23. The topological polar surface area (TPSA) is 42.0 Å². The fourth-order valence-electron chi connectivity index (χ4n) is 1.16. The lowest BCUT2D eigenvalue weighted by atomic mass is 9.88. The zero-order valence-corrected chi connectivity index (χ0v) is 10.5. The Kier molecular flexibility index (Phi) is 3.09. The molecule has 0 saturated carbocycles. The van der Waals surface area contributed by atoms with E-state index in [1.54, 1.807) is 12.5 Å². The van der Waals surface area contributed by atoms with Crippen molar-refractivity contribution in [1.29, 1.82) is 0 Å². The van der Waals surface area contributed by atoms with Crippen molar-refractivity contribution in [3.8, 4) is 0 Å². The molecule has 1 rings (SSSR count). The number of aromatic nitrogens is 1. The van der Waals surface area contributed by atoms with Crippen molar-refractivity contribution < 1.29 is 4.21 Å². The summed E-state index contributed by atoms with van der Waals surface area (Å²) in [5, 5.41) is 0. The average molecular weight is 226 g/mol. The third kappa shape index (κ3) is 3.91. The van der Waals surface area contributed by atoms with E-state index >= 15 is 0 Å². The minimum atomic E-state index is -2.23. The van der Waals surface area contributed by atoms with E-state index in [0.717, 1.165) is 11.3 Å². The van der Waals surface area contributed by atoms with Gasteiger partial charge in [-0.05, 0) is 22.9 Å². The summed E-state index contributed by atoms with van der Waals surface area (Å²) in [6, 6.07) is 1.96. The summed E-state index contributed by atoms with van der Waals surface area (Å²) in [4.78, 5) is 4.12. The molecule has 1 unspecified atom stereocenters. The molecule has 0 spiro atoms. The van der Waals surface area contributed by atoms with Crippen molar-refractivity contribution in [3.05, 3.63) is 24.0 Å². The van der Waals surface area contributed by atoms with Gasteiger partial charge >= 0.3 is 0 Å². The molecule has 1 heterocycles. The molecule has 15 heavy (non-hydrogen) atoms. The second-order valence-corrected chi connectivity index (χ2v) is 7.03. The predicted octanol–water partition coefficient (Wildman–Crippen LogP) is 2.05. The van der Waals surface area contributed by atoms with Crippen LogP contribution in [0.4, 0.5) is 5.69 Å². The van der Waals surface area contributed by atoms with Crippen molar-refractivity contribution in [3.63, 3.8) is 0 Å². The summed E-state index contributed by atoms with van der Waals surface area (Å²) in [6.45, 7) is 6.34. The maximum Gasteiger partial charge on any atom is 0.0643 e. The molecule has 0 saturated heterocycles. The zero-order valence-electron chi connectivity index (χ0n) is 9.70. The first-order valence-electron chi connectivity index (χ1n) is 4.74. The maximum absolute atomic E-state index is 11.5. The minimum Gasteiger partial charge on any atom is -0.312 e. The number of nitrogens with zero attached hydrogens (tertiary/aromatic N) is 1. The molecular formula is C11H18N2OS. The molecule has 0 aliphatic rings. The Bertz CT molecular complexity index is 444. The first kappa shape index (κ1) is 12.0. The van der Waals surface area contributed by atoms with Crippen molar-refractivity contribution in [2.45, 2.75) is 26.2 Å². The van der Waals surface area contributed by atoms with Crippen LogP contribution in [0.1, 0.15) is 26.3 Å². The Labute approximate surface area is 92.1 Å². The molecule has 1 aromatic rings. The van der Waals surface area contributed by atoms with Crippen LogP contribution in [0.3, 0.4) is 0 Å². The fourth-order valence-corrected chi connectivity index (χ4v) is 1.77. The van der Waals surface area contributed by atoms with Crippen LogP contribution in [-0.2, 0) is 15.1 Å². The van der Waals surface area contributed by atoms with Gasteiger partial charge in [0.1, 0.15) is 0 Å². The van der Waals surface area contributed by atoms with E-state index in [1.807, 2.05) is 12.3 Å². The molecule has 0 fully saturated rings. The molecule has 0 aliphatic carbocycles. The lowest BCUT2D eigenvalue weighted by Crippen LogP contribution is -2.14. The summed E-state index contributed by atoms with van der Waals surface area (Å²) in [5.41, 5.74) is 1.90. The average Bonchev–Trinajstić information content (AvgIpc) is 1.99. The van der Waals surface area contributed by atoms with E-state index in [1.165, 1.54) is 0 Å². The molecule has 3 nitrogen and oxygen atoms in total. The molecule has 0 amide bonds. The number of anilines is 1. The van der Waals surface area contributed by atoms with Gasteiger partial charge in [-0.15, -0.1) is 0 Å². The van der Waals surface area contributed by atoms with Crippen LogP contribution >= 0.6 is 0 Å². The predicted molar refractivity (Wildman–Crippen MR) is 67.7 cm³/mol. The summed E-state index contributed by atoms with van der Waals surface area (Å²) >= 11 is 0. The SMILES string of the molecule is C=S(C)(=O)Nc1cncc(C(C)(C)C)c1. The highest BCUT2D eigenvalue weighted by atomic mass is 32.2. The second-order valence-electron chi connectivity index (χ2n) is 4.82. The van der Waals surface area contributed by atoms with Crippen molar-refractivity contribution >= 4 is 21.3 Å². The number of rotatable bonds is 2. The Morgan fingerprint density at radius 3 is 2.47 bits per heavy atom. The molecule has 1 aromatic heterocycles. The van der Waals surface area contributed by atoms with Gasteiger partial charge in [0.15, 0.2) is 0 Å². The molecule has 84 valence electrons. The van der Waals surface area contributed by atoms with Gasteiger partial charge in [0.05, 0.1) is 11.9 Å². The molecule has 0 bridgehead atoms. The van der Waals surface area contributed by atoms with E-state index < -0.39 is 9.71 Å². The molecule has 1 atom stereocenters. The van der Waals surface area contributed by atoms with Gasteiger partial charge in [-0.3, -0.25) is 4.98 Å². The normalized spacial score (nSPS) is 15.7. The van der Waals surface area contributed by atoms with Crippen LogP contribution in [-0.4, -0.2) is 21.3 Å². The van der Waals surface area contributed by atoms with E-state index in [0.29, 0.717) is 0 Å². The molecule has 4 heteroatoms. The Morgan fingerprint density at radius 1 is 1.40 bits per heavy atom. The number of nitrogens with one attached hydrogen (secondary N) is 1. The quantitative estimate of drug-likeness (QED) is 0.784. The summed E-state index contributed by atoms with van der Waals surface area (Å²) in [6.07, 6.45) is 5.05. The van der Waals surface area contributed by atoms with Crippen LogP contribution in [0, 0.1) is 0 Å². The summed E-state index contributed by atoms with van der Waals surface area (Å²) < 4.78 is 14.3. The lowest BCUT2D eigenvalue weighted by molar-refractivity contribution is 0.588. The van der Waals surface area contributed by atoms with Crippen LogP contribution < -0.4 is 4.72 Å². The minimum absolute atomic E-state index is 0.0421. The van der Waals surface area contributed by atoms with Crippen molar-refractivity contribution in [2.24, 2.45) is 0 Å². The van der Waals surface area contributed by atoms with Gasteiger partial charge in [-0.2, -0.15) is 0 Å². The first-order chi connectivity index (χ1) is 6.68. The third-order valence-electron chi connectivity index (χ3n) is 1.94. The van der Waals surface area contributed by atoms with Crippen LogP contribution in [0.15, 0.2) is 18.5 Å². The Hall–Kier alpha value is -1.03. The monoisotopic (exact) mass is 226 g/mol. The molecular weight excluding hydrogens is 208 g/mol. The van der Waals surface area contributed by atoms with Crippen LogP contribution in [0.5, 0.6) is 0 Å². The third-order valence-corrected chi connectivity index (χ3v) is 2.61. The molecule has 0 aromatic carbocycles. The van der Waals surface area contributed by atoms with Gasteiger partial charge in [-0.25, -0.2) is 4.21 Å². The van der Waals surface area contributed by atoms with Crippen LogP contribution in [0.25, 0.3) is 0 Å². The first-order valence-corrected chi connectivity index (χ1v) is 6.87. The van der Waals surface area contributed by atoms with E-state index in [4.69, 9.17) is 0 Å². The van der Waals surface area contributed by atoms with E-state index in [9.17, 15) is 4.21 Å². The smallest absolute Gasteiger partial charge is 0.0643 e. The fraction of sp³-hybridized carbons (Fsp3) is 0.455. The van der Waals surface area contributed by atoms with E-state index in [-0.39, 0.29) is 5.41 Å². The number of hydrogen-bond donors (Lipinski definition) is 1. The highest BCUT2D eigenvalue weighted by Gasteiger charge is 2.14. The Morgan fingerprint density at radius 2 is 2.00 bits per heavy atom. The standard InChI is InChI=1S/C11H18N2OS/c1-11(2,3)9-6-10(8-12-7-9)13-15(4,5)14/h6-8H,4H2,1-3,5H3,(H,13,14). The molecule has 1 N–H and O–H groups in total. The number of hydrogen-bond acceptors (Lipinski definition) is 2.